The lowest BCUT2D eigenvalue weighted by Gasteiger charge is -2.36. The van der Waals surface area contributed by atoms with Crippen LogP contribution in [0.5, 0.6) is 0 Å². The van der Waals surface area contributed by atoms with Gasteiger partial charge < -0.3 is 15.1 Å². The van der Waals surface area contributed by atoms with Gasteiger partial charge in [-0.1, -0.05) is 27.7 Å². The summed E-state index contributed by atoms with van der Waals surface area (Å²) in [7, 11) is 0. The van der Waals surface area contributed by atoms with Gasteiger partial charge in [0.05, 0.1) is 0 Å². The monoisotopic (exact) mass is 283 g/mol. The third kappa shape index (κ3) is 5.41. The van der Waals surface area contributed by atoms with E-state index in [0.29, 0.717) is 5.91 Å². The van der Waals surface area contributed by atoms with Crippen LogP contribution in [0.25, 0.3) is 0 Å². The Bertz CT molecular complexity index is 267. The molecule has 2 saturated heterocycles. The highest BCUT2D eigenvalue weighted by Crippen LogP contribution is 2.20. The van der Waals surface area contributed by atoms with Crippen molar-refractivity contribution in [1.29, 1.82) is 0 Å². The molecule has 2 fully saturated rings. The first kappa shape index (κ1) is 17.4. The molecule has 2 heterocycles. The molecule has 1 N–H and O–H groups in total. The summed E-state index contributed by atoms with van der Waals surface area (Å²) < 4.78 is 0. The van der Waals surface area contributed by atoms with E-state index in [4.69, 9.17) is 0 Å². The minimum atomic E-state index is 0.284. The van der Waals surface area contributed by atoms with Gasteiger partial charge in [-0.25, -0.2) is 0 Å². The van der Waals surface area contributed by atoms with E-state index >= 15 is 0 Å². The Kier molecular flexibility index (Phi) is 8.15. The summed E-state index contributed by atoms with van der Waals surface area (Å²) in [6, 6.07) is 0. The maximum absolute atomic E-state index is 12.4. The molecule has 0 atom stereocenters. The molecule has 0 unspecified atom stereocenters. The first-order chi connectivity index (χ1) is 9.66. The Balaban J connectivity index is 0.000000956. The Morgan fingerprint density at radius 1 is 1.10 bits per heavy atom. The molecular weight excluding hydrogens is 250 g/mol. The molecule has 0 bridgehead atoms. The van der Waals surface area contributed by atoms with E-state index < -0.39 is 0 Å². The number of hydrogen-bond donors (Lipinski definition) is 1. The van der Waals surface area contributed by atoms with Crippen LogP contribution < -0.4 is 5.32 Å². The summed E-state index contributed by atoms with van der Waals surface area (Å²) >= 11 is 0. The fourth-order valence-electron chi connectivity index (χ4n) is 3.02. The Hall–Kier alpha value is -0.610. The lowest BCUT2D eigenvalue weighted by Crippen LogP contribution is -2.50. The quantitative estimate of drug-likeness (QED) is 0.858. The van der Waals surface area contributed by atoms with Crippen LogP contribution in [0.2, 0.25) is 0 Å². The molecule has 2 aliphatic rings. The van der Waals surface area contributed by atoms with Gasteiger partial charge in [-0.05, 0) is 31.8 Å². The highest BCUT2D eigenvalue weighted by molar-refractivity contribution is 5.79. The zero-order chi connectivity index (χ0) is 15.0. The summed E-state index contributed by atoms with van der Waals surface area (Å²) in [6.45, 7) is 15.6. The number of piperidine rings is 1. The van der Waals surface area contributed by atoms with Crippen molar-refractivity contribution in [1.82, 2.24) is 15.1 Å². The predicted molar refractivity (Wildman–Crippen MR) is 84.8 cm³/mol. The molecule has 0 spiro atoms. The van der Waals surface area contributed by atoms with Crippen molar-refractivity contribution in [2.45, 2.75) is 40.5 Å². The van der Waals surface area contributed by atoms with E-state index in [0.717, 1.165) is 58.0 Å². The summed E-state index contributed by atoms with van der Waals surface area (Å²) in [4.78, 5) is 16.9. The van der Waals surface area contributed by atoms with Crippen LogP contribution >= 0.6 is 0 Å². The number of hydrogen-bond acceptors (Lipinski definition) is 3. The second-order valence-corrected chi connectivity index (χ2v) is 6.04. The van der Waals surface area contributed by atoms with E-state index in [1.165, 1.54) is 6.54 Å². The average molecular weight is 283 g/mol. The second-order valence-electron chi connectivity index (χ2n) is 6.04. The van der Waals surface area contributed by atoms with E-state index in [2.05, 4.69) is 29.0 Å². The van der Waals surface area contributed by atoms with Gasteiger partial charge in [-0.15, -0.1) is 0 Å². The van der Waals surface area contributed by atoms with Crippen LogP contribution in [0, 0.1) is 11.8 Å². The fraction of sp³-hybridized carbons (Fsp3) is 0.938. The standard InChI is InChI=1S/C14H27N3O.C2H6/c1-12(2)11-16-7-3-13(4-8-16)14(18)17-9-5-15-6-10-17;1-2/h12-13,15H,3-11H2,1-2H3;1-2H3. The molecule has 4 nitrogen and oxygen atoms in total. The smallest absolute Gasteiger partial charge is 0.225 e. The summed E-state index contributed by atoms with van der Waals surface area (Å²) in [6.07, 6.45) is 2.10. The van der Waals surface area contributed by atoms with Crippen LogP contribution in [0.4, 0.5) is 0 Å². The summed E-state index contributed by atoms with van der Waals surface area (Å²) in [5.41, 5.74) is 0. The van der Waals surface area contributed by atoms with Crippen molar-refractivity contribution in [3.05, 3.63) is 0 Å². The average Bonchev–Trinajstić information content (AvgIpc) is 2.50. The van der Waals surface area contributed by atoms with E-state index in [1.807, 2.05) is 13.8 Å². The SMILES string of the molecule is CC.CC(C)CN1CCC(C(=O)N2CCNCC2)CC1. The maximum atomic E-state index is 12.4. The Morgan fingerprint density at radius 2 is 1.65 bits per heavy atom. The molecule has 2 aliphatic heterocycles. The van der Waals surface area contributed by atoms with E-state index in [1.54, 1.807) is 0 Å². The molecule has 0 aliphatic carbocycles. The number of nitrogens with zero attached hydrogens (tertiary/aromatic N) is 2. The van der Waals surface area contributed by atoms with Gasteiger partial charge in [0.2, 0.25) is 5.91 Å². The summed E-state index contributed by atoms with van der Waals surface area (Å²) in [5, 5.41) is 3.30. The summed E-state index contributed by atoms with van der Waals surface area (Å²) in [5.74, 6) is 1.41. The van der Waals surface area contributed by atoms with Gasteiger partial charge in [-0.2, -0.15) is 0 Å². The van der Waals surface area contributed by atoms with Crippen LogP contribution in [0.3, 0.4) is 0 Å². The number of rotatable bonds is 3. The van der Waals surface area contributed by atoms with Gasteiger partial charge >= 0.3 is 0 Å². The first-order valence-electron chi connectivity index (χ1n) is 8.38. The molecule has 4 heteroatoms. The normalized spacial score (nSPS) is 21.6. The third-order valence-corrected chi connectivity index (χ3v) is 3.99. The van der Waals surface area contributed by atoms with Gasteiger partial charge in [0.15, 0.2) is 0 Å². The number of piperazine rings is 1. The van der Waals surface area contributed by atoms with Gasteiger partial charge in [0.1, 0.15) is 0 Å². The first-order valence-corrected chi connectivity index (χ1v) is 8.38. The topological polar surface area (TPSA) is 35.6 Å². The minimum absolute atomic E-state index is 0.284. The van der Waals surface area contributed by atoms with Crippen molar-refractivity contribution in [2.75, 3.05) is 45.8 Å². The van der Waals surface area contributed by atoms with Crippen molar-refractivity contribution >= 4 is 5.91 Å². The van der Waals surface area contributed by atoms with Crippen LogP contribution in [0.15, 0.2) is 0 Å². The van der Waals surface area contributed by atoms with Crippen molar-refractivity contribution in [3.63, 3.8) is 0 Å². The van der Waals surface area contributed by atoms with Crippen molar-refractivity contribution in [2.24, 2.45) is 11.8 Å². The van der Waals surface area contributed by atoms with Gasteiger partial charge in [-0.3, -0.25) is 4.79 Å². The third-order valence-electron chi connectivity index (χ3n) is 3.99. The number of carbonyl (C=O) groups excluding carboxylic acids is 1. The maximum Gasteiger partial charge on any atom is 0.225 e. The highest BCUT2D eigenvalue weighted by atomic mass is 16.2. The number of amides is 1. The van der Waals surface area contributed by atoms with Gasteiger partial charge in [0.25, 0.3) is 0 Å². The number of likely N-dealkylation sites (tertiary alicyclic amines) is 1. The molecule has 20 heavy (non-hydrogen) atoms. The lowest BCUT2D eigenvalue weighted by molar-refractivity contribution is -0.137. The van der Waals surface area contributed by atoms with Crippen LogP contribution in [0.1, 0.15) is 40.5 Å². The molecule has 0 saturated carbocycles. The van der Waals surface area contributed by atoms with Gasteiger partial charge in [0, 0.05) is 38.6 Å². The molecule has 1 amide bonds. The predicted octanol–water partition coefficient (Wildman–Crippen LogP) is 1.81. The largest absolute Gasteiger partial charge is 0.340 e. The zero-order valence-electron chi connectivity index (χ0n) is 13.8. The molecule has 0 aromatic heterocycles. The lowest BCUT2D eigenvalue weighted by atomic mass is 9.94. The van der Waals surface area contributed by atoms with Crippen molar-refractivity contribution in [3.8, 4) is 0 Å². The molecule has 118 valence electrons. The fourth-order valence-corrected chi connectivity index (χ4v) is 3.02. The zero-order valence-corrected chi connectivity index (χ0v) is 13.8. The molecular formula is C16H33N3O. The van der Waals surface area contributed by atoms with E-state index in [9.17, 15) is 4.79 Å². The molecule has 0 aromatic carbocycles. The number of nitrogens with one attached hydrogen (secondary N) is 1. The molecule has 0 radical (unpaired) electrons. The van der Waals surface area contributed by atoms with E-state index in [-0.39, 0.29) is 5.92 Å². The Morgan fingerprint density at radius 3 is 2.15 bits per heavy atom. The molecule has 2 rings (SSSR count). The second kappa shape index (κ2) is 9.35. The minimum Gasteiger partial charge on any atom is -0.340 e. The highest BCUT2D eigenvalue weighted by Gasteiger charge is 2.29. The van der Waals surface area contributed by atoms with Crippen LogP contribution in [-0.4, -0.2) is 61.5 Å². The number of carbonyl (C=O) groups is 1. The van der Waals surface area contributed by atoms with Crippen LogP contribution in [-0.2, 0) is 4.79 Å². The van der Waals surface area contributed by atoms with Crippen molar-refractivity contribution < 1.29 is 4.79 Å². The molecule has 0 aromatic rings. The Labute approximate surface area is 124 Å².